The third kappa shape index (κ3) is 4.06. The van der Waals surface area contributed by atoms with E-state index in [1.165, 1.54) is 0 Å². The van der Waals surface area contributed by atoms with Gasteiger partial charge in [-0.1, -0.05) is 12.8 Å². The maximum atomic E-state index is 13.0. The van der Waals surface area contributed by atoms with Crippen LogP contribution in [0.4, 0.5) is 0 Å². The first-order valence-electron chi connectivity index (χ1n) is 9.00. The largest absolute Gasteiger partial charge is 0.341 e. The van der Waals surface area contributed by atoms with E-state index in [9.17, 15) is 13.2 Å². The number of carbonyl (C=O) groups is 1. The van der Waals surface area contributed by atoms with Crippen molar-refractivity contribution in [2.45, 2.75) is 56.7 Å². The number of nitrogens with one attached hydrogen (secondary N) is 1. The summed E-state index contributed by atoms with van der Waals surface area (Å²) < 4.78 is 27.7. The molecule has 0 aromatic carbocycles. The lowest BCUT2D eigenvalue weighted by Gasteiger charge is -2.39. The van der Waals surface area contributed by atoms with Gasteiger partial charge in [-0.3, -0.25) is 4.79 Å². The Morgan fingerprint density at radius 3 is 2.46 bits per heavy atom. The summed E-state index contributed by atoms with van der Waals surface area (Å²) in [6.07, 6.45) is 5.67. The average molecular weight is 380 g/mol. The van der Waals surface area contributed by atoms with Crippen LogP contribution >= 0.6 is 12.4 Å². The van der Waals surface area contributed by atoms with Gasteiger partial charge in [-0.15, -0.1) is 12.4 Å². The van der Waals surface area contributed by atoms with Crippen LogP contribution in [0, 0.1) is 5.92 Å². The molecule has 3 fully saturated rings. The van der Waals surface area contributed by atoms with E-state index in [0.717, 1.165) is 38.6 Å². The number of hydrogen-bond donors (Lipinski definition) is 1. The molecule has 24 heavy (non-hydrogen) atoms. The molecule has 0 aromatic heterocycles. The average Bonchev–Trinajstić information content (AvgIpc) is 3.09. The molecule has 1 aliphatic carbocycles. The molecule has 140 valence electrons. The van der Waals surface area contributed by atoms with Crippen LogP contribution in [0.3, 0.4) is 0 Å². The highest BCUT2D eigenvalue weighted by atomic mass is 35.5. The molecular formula is C16H30ClN3O3S. The Hall–Kier alpha value is -0.370. The third-order valence-corrected chi connectivity index (χ3v) is 8.01. The molecule has 8 heteroatoms. The molecule has 3 rings (SSSR count). The lowest BCUT2D eigenvalue weighted by molar-refractivity contribution is -0.136. The van der Waals surface area contributed by atoms with Crippen LogP contribution in [0.1, 0.15) is 45.4 Å². The van der Waals surface area contributed by atoms with Crippen LogP contribution < -0.4 is 5.32 Å². The molecule has 0 aromatic rings. The lowest BCUT2D eigenvalue weighted by atomic mass is 10.0. The molecule has 2 atom stereocenters. The zero-order valence-electron chi connectivity index (χ0n) is 14.4. The van der Waals surface area contributed by atoms with E-state index >= 15 is 0 Å². The van der Waals surface area contributed by atoms with Crippen molar-refractivity contribution in [3.8, 4) is 0 Å². The van der Waals surface area contributed by atoms with Gasteiger partial charge in [-0.05, 0) is 32.6 Å². The molecule has 2 heterocycles. The van der Waals surface area contributed by atoms with Crippen molar-refractivity contribution in [3.05, 3.63) is 0 Å². The highest BCUT2D eigenvalue weighted by Crippen LogP contribution is 2.29. The van der Waals surface area contributed by atoms with Crippen LogP contribution in [0.2, 0.25) is 0 Å². The highest BCUT2D eigenvalue weighted by Gasteiger charge is 2.40. The van der Waals surface area contributed by atoms with E-state index in [0.29, 0.717) is 32.6 Å². The first-order chi connectivity index (χ1) is 11.0. The van der Waals surface area contributed by atoms with Crippen molar-refractivity contribution in [1.82, 2.24) is 14.5 Å². The summed E-state index contributed by atoms with van der Waals surface area (Å²) in [6.45, 7) is 5.01. The highest BCUT2D eigenvalue weighted by molar-refractivity contribution is 7.89. The van der Waals surface area contributed by atoms with Gasteiger partial charge in [-0.2, -0.15) is 4.31 Å². The van der Waals surface area contributed by atoms with Gasteiger partial charge in [0.2, 0.25) is 15.9 Å². The Labute approximate surface area is 151 Å². The van der Waals surface area contributed by atoms with Crippen molar-refractivity contribution in [1.29, 1.82) is 0 Å². The van der Waals surface area contributed by atoms with E-state index in [1.54, 1.807) is 4.31 Å². The fourth-order valence-corrected chi connectivity index (χ4v) is 6.34. The van der Waals surface area contributed by atoms with Gasteiger partial charge in [-0.25, -0.2) is 8.42 Å². The summed E-state index contributed by atoms with van der Waals surface area (Å²) in [6, 6.07) is -0.00494. The monoisotopic (exact) mass is 379 g/mol. The minimum absolute atomic E-state index is 0. The summed E-state index contributed by atoms with van der Waals surface area (Å²) in [5.41, 5.74) is 0. The number of nitrogens with zero attached hydrogens (tertiary/aromatic N) is 2. The van der Waals surface area contributed by atoms with Crippen LogP contribution in [-0.4, -0.2) is 67.5 Å². The predicted molar refractivity (Wildman–Crippen MR) is 96.8 cm³/mol. The van der Waals surface area contributed by atoms with Gasteiger partial charge in [0.15, 0.2) is 0 Å². The molecule has 2 aliphatic heterocycles. The third-order valence-electron chi connectivity index (χ3n) is 5.58. The molecule has 1 amide bonds. The smallest absolute Gasteiger partial charge is 0.225 e. The molecule has 0 radical (unpaired) electrons. The van der Waals surface area contributed by atoms with Crippen molar-refractivity contribution in [2.24, 2.45) is 5.92 Å². The van der Waals surface area contributed by atoms with Crippen LogP contribution in [0.15, 0.2) is 0 Å². The maximum absolute atomic E-state index is 13.0. The fraction of sp³-hybridized carbons (Fsp3) is 0.938. The Bertz CT molecular complexity index is 537. The Kier molecular flexibility index (Phi) is 6.93. The van der Waals surface area contributed by atoms with E-state index in [4.69, 9.17) is 0 Å². The SMILES string of the molecule is C[C@H]1CNCCN1S(=O)(=O)C1CCCN(C(=O)C2CCCC2)C1.Cl. The Morgan fingerprint density at radius 1 is 1.08 bits per heavy atom. The molecular weight excluding hydrogens is 350 g/mol. The van der Waals surface area contributed by atoms with Gasteiger partial charge in [0, 0.05) is 44.7 Å². The van der Waals surface area contributed by atoms with E-state index in [2.05, 4.69) is 5.32 Å². The number of rotatable bonds is 3. The summed E-state index contributed by atoms with van der Waals surface area (Å²) in [7, 11) is -3.32. The van der Waals surface area contributed by atoms with Crippen LogP contribution in [0.5, 0.6) is 0 Å². The number of piperidine rings is 1. The number of sulfonamides is 1. The fourth-order valence-electron chi connectivity index (χ4n) is 4.20. The van der Waals surface area contributed by atoms with Gasteiger partial charge in [0.25, 0.3) is 0 Å². The van der Waals surface area contributed by atoms with Gasteiger partial charge >= 0.3 is 0 Å². The molecule has 0 bridgehead atoms. The molecule has 0 spiro atoms. The Balaban J connectivity index is 0.00000208. The number of carbonyl (C=O) groups excluding carboxylic acids is 1. The second-order valence-electron chi connectivity index (χ2n) is 7.24. The topological polar surface area (TPSA) is 69.7 Å². The van der Waals surface area contributed by atoms with Crippen molar-refractivity contribution in [3.63, 3.8) is 0 Å². The van der Waals surface area contributed by atoms with E-state index in [1.807, 2.05) is 11.8 Å². The number of piperazine rings is 1. The maximum Gasteiger partial charge on any atom is 0.225 e. The minimum atomic E-state index is -3.32. The van der Waals surface area contributed by atoms with Crippen molar-refractivity contribution < 1.29 is 13.2 Å². The molecule has 1 unspecified atom stereocenters. The first kappa shape index (κ1) is 19.9. The second kappa shape index (κ2) is 8.34. The Morgan fingerprint density at radius 2 is 1.79 bits per heavy atom. The lowest BCUT2D eigenvalue weighted by Crippen LogP contribution is -2.57. The van der Waals surface area contributed by atoms with Gasteiger partial charge in [0.05, 0.1) is 5.25 Å². The van der Waals surface area contributed by atoms with E-state index < -0.39 is 15.3 Å². The molecule has 2 saturated heterocycles. The zero-order valence-corrected chi connectivity index (χ0v) is 16.1. The first-order valence-corrected chi connectivity index (χ1v) is 10.5. The molecule has 1 saturated carbocycles. The summed E-state index contributed by atoms with van der Waals surface area (Å²) in [5.74, 6) is 0.324. The van der Waals surface area contributed by atoms with E-state index in [-0.39, 0.29) is 30.3 Å². The molecule has 6 nitrogen and oxygen atoms in total. The van der Waals surface area contributed by atoms with Crippen molar-refractivity contribution in [2.75, 3.05) is 32.7 Å². The van der Waals surface area contributed by atoms with Crippen LogP contribution in [0.25, 0.3) is 0 Å². The second-order valence-corrected chi connectivity index (χ2v) is 9.40. The predicted octanol–water partition coefficient (Wildman–Crippen LogP) is 1.21. The molecule has 3 aliphatic rings. The zero-order chi connectivity index (χ0) is 16.4. The number of amides is 1. The molecule has 1 N–H and O–H groups in total. The van der Waals surface area contributed by atoms with Gasteiger partial charge < -0.3 is 10.2 Å². The number of hydrogen-bond acceptors (Lipinski definition) is 4. The van der Waals surface area contributed by atoms with Crippen LogP contribution in [-0.2, 0) is 14.8 Å². The number of likely N-dealkylation sites (tertiary alicyclic amines) is 1. The normalized spacial score (nSPS) is 30.1. The quantitative estimate of drug-likeness (QED) is 0.800. The number of halogens is 1. The van der Waals surface area contributed by atoms with Gasteiger partial charge in [0.1, 0.15) is 0 Å². The summed E-state index contributed by atoms with van der Waals surface area (Å²) in [4.78, 5) is 14.4. The standard InChI is InChI=1S/C16H29N3O3S.ClH/c1-13-11-17-8-10-19(13)23(21,22)15-7-4-9-18(12-15)16(20)14-5-2-3-6-14;/h13-15,17H,2-12H2,1H3;1H/t13-,15?;/m0./s1. The summed E-state index contributed by atoms with van der Waals surface area (Å²) >= 11 is 0. The minimum Gasteiger partial charge on any atom is -0.341 e. The summed E-state index contributed by atoms with van der Waals surface area (Å²) in [5, 5.41) is 2.80. The van der Waals surface area contributed by atoms with Crippen molar-refractivity contribution >= 4 is 28.3 Å².